The van der Waals surface area contributed by atoms with E-state index in [1.807, 2.05) is 0 Å². The summed E-state index contributed by atoms with van der Waals surface area (Å²) in [5.74, 6) is 5.58. The van der Waals surface area contributed by atoms with Crippen LogP contribution in [-0.4, -0.2) is 8.96 Å². The number of nitrogens with zero attached hydrogens (tertiary/aromatic N) is 2. The average Bonchev–Trinajstić information content (AvgIpc) is 2.18. The maximum atomic E-state index is 4.03. The van der Waals surface area contributed by atoms with Crippen LogP contribution in [0.5, 0.6) is 0 Å². The van der Waals surface area contributed by atoms with E-state index in [1.165, 1.54) is 0 Å². The Balaban J connectivity index is 3.03. The van der Waals surface area contributed by atoms with Crippen LogP contribution in [0.1, 0.15) is 12.6 Å². The summed E-state index contributed by atoms with van der Waals surface area (Å²) in [5, 5.41) is 0. The quantitative estimate of drug-likeness (QED) is 0.417. The van der Waals surface area contributed by atoms with E-state index in [0.29, 0.717) is 0 Å². The molecule has 2 nitrogen and oxygen atoms in total. The Bertz CT molecular complexity index is 254. The summed E-state index contributed by atoms with van der Waals surface area (Å²) >= 11 is 4.03. The summed E-state index contributed by atoms with van der Waals surface area (Å²) in [6, 6.07) is 0. The fourth-order valence-electron chi connectivity index (χ4n) is 0.506. The normalized spacial score (nSPS) is 8.22. The van der Waals surface area contributed by atoms with Crippen LogP contribution in [0.15, 0.2) is 12.5 Å². The first-order valence-electron chi connectivity index (χ1n) is 2.49. The largest absolute Gasteiger partial charge is 0.268 e. The molecule has 0 saturated carbocycles. The zero-order valence-electron chi connectivity index (χ0n) is 5.00. The third-order valence-electron chi connectivity index (χ3n) is 0.873. The van der Waals surface area contributed by atoms with E-state index >= 15 is 0 Å². The van der Waals surface area contributed by atoms with Crippen LogP contribution in [0.3, 0.4) is 0 Å². The standard InChI is InChI=1S/C6H6N2S/c1-2-3-6-4-7-5-8(6)9/h4-5,9H,1H3. The molecular formula is C6H6N2S. The lowest BCUT2D eigenvalue weighted by atomic mass is 10.5. The second kappa shape index (κ2) is 2.60. The summed E-state index contributed by atoms with van der Waals surface area (Å²) in [7, 11) is 0. The molecule has 0 fully saturated rings. The molecule has 0 saturated heterocycles. The molecule has 1 aromatic heterocycles. The van der Waals surface area contributed by atoms with Crippen LogP contribution in [0.25, 0.3) is 0 Å². The van der Waals surface area contributed by atoms with Gasteiger partial charge < -0.3 is 0 Å². The molecule has 0 amide bonds. The zero-order chi connectivity index (χ0) is 6.69. The van der Waals surface area contributed by atoms with E-state index < -0.39 is 0 Å². The summed E-state index contributed by atoms with van der Waals surface area (Å²) in [5.41, 5.74) is 0.820. The van der Waals surface area contributed by atoms with Gasteiger partial charge in [-0.05, 0) is 12.8 Å². The molecule has 9 heavy (non-hydrogen) atoms. The summed E-state index contributed by atoms with van der Waals surface area (Å²) < 4.78 is 1.58. The Morgan fingerprint density at radius 1 is 1.78 bits per heavy atom. The van der Waals surface area contributed by atoms with Gasteiger partial charge in [-0.3, -0.25) is 3.97 Å². The minimum Gasteiger partial charge on any atom is -0.268 e. The minimum atomic E-state index is 0.820. The van der Waals surface area contributed by atoms with Crippen molar-refractivity contribution in [1.82, 2.24) is 8.96 Å². The van der Waals surface area contributed by atoms with Crippen molar-refractivity contribution in [2.24, 2.45) is 0 Å². The van der Waals surface area contributed by atoms with Crippen molar-refractivity contribution in [3.8, 4) is 11.8 Å². The van der Waals surface area contributed by atoms with Gasteiger partial charge in [-0.25, -0.2) is 4.98 Å². The smallest absolute Gasteiger partial charge is 0.122 e. The van der Waals surface area contributed by atoms with Gasteiger partial charge in [-0.1, -0.05) is 18.7 Å². The third-order valence-corrected chi connectivity index (χ3v) is 1.19. The maximum absolute atomic E-state index is 4.03. The van der Waals surface area contributed by atoms with E-state index in [9.17, 15) is 0 Å². The van der Waals surface area contributed by atoms with Crippen LogP contribution < -0.4 is 0 Å². The van der Waals surface area contributed by atoms with Crippen LogP contribution >= 0.6 is 12.8 Å². The predicted molar refractivity (Wildman–Crippen MR) is 39.2 cm³/mol. The van der Waals surface area contributed by atoms with E-state index in [-0.39, 0.29) is 0 Å². The second-order valence-corrected chi connectivity index (χ2v) is 1.93. The van der Waals surface area contributed by atoms with Crippen LogP contribution in [0.4, 0.5) is 0 Å². The molecule has 0 aliphatic heterocycles. The number of thiol groups is 1. The highest BCUT2D eigenvalue weighted by Crippen LogP contribution is 1.96. The van der Waals surface area contributed by atoms with Crippen LogP contribution in [0, 0.1) is 11.8 Å². The Hall–Kier alpha value is -0.880. The third kappa shape index (κ3) is 1.27. The lowest BCUT2D eigenvalue weighted by Crippen LogP contribution is -1.79. The Morgan fingerprint density at radius 2 is 2.56 bits per heavy atom. The van der Waals surface area contributed by atoms with Gasteiger partial charge in [-0.2, -0.15) is 0 Å². The lowest BCUT2D eigenvalue weighted by Gasteiger charge is -1.85. The molecule has 0 aliphatic carbocycles. The fourth-order valence-corrected chi connectivity index (χ4v) is 0.667. The molecule has 0 radical (unpaired) electrons. The molecule has 0 aliphatic rings. The van der Waals surface area contributed by atoms with Gasteiger partial charge in [0.15, 0.2) is 0 Å². The summed E-state index contributed by atoms with van der Waals surface area (Å²) in [4.78, 5) is 3.82. The lowest BCUT2D eigenvalue weighted by molar-refractivity contribution is 1.23. The van der Waals surface area contributed by atoms with Crippen LogP contribution in [0.2, 0.25) is 0 Å². The van der Waals surface area contributed by atoms with Crippen molar-refractivity contribution in [2.45, 2.75) is 6.92 Å². The first-order valence-corrected chi connectivity index (χ1v) is 2.89. The molecule has 1 rings (SSSR count). The molecule has 0 aromatic carbocycles. The van der Waals surface area contributed by atoms with Gasteiger partial charge in [0.1, 0.15) is 12.0 Å². The highest BCUT2D eigenvalue weighted by molar-refractivity contribution is 7.78. The molecule has 1 aromatic rings. The number of hydrogen-bond donors (Lipinski definition) is 1. The van der Waals surface area contributed by atoms with Gasteiger partial charge in [0.25, 0.3) is 0 Å². The monoisotopic (exact) mass is 138 g/mol. The van der Waals surface area contributed by atoms with E-state index in [0.717, 1.165) is 5.69 Å². The molecule has 46 valence electrons. The van der Waals surface area contributed by atoms with Crippen molar-refractivity contribution >= 4 is 12.8 Å². The number of imidazole rings is 1. The molecular weight excluding hydrogens is 132 g/mol. The van der Waals surface area contributed by atoms with Crippen molar-refractivity contribution < 1.29 is 0 Å². The molecule has 0 unspecified atom stereocenters. The van der Waals surface area contributed by atoms with E-state index in [1.54, 1.807) is 23.4 Å². The Morgan fingerprint density at radius 3 is 3.00 bits per heavy atom. The molecule has 0 spiro atoms. The number of aromatic nitrogens is 2. The molecule has 0 bridgehead atoms. The minimum absolute atomic E-state index is 0.820. The molecule has 1 heterocycles. The highest BCUT2D eigenvalue weighted by Gasteiger charge is 1.89. The van der Waals surface area contributed by atoms with Crippen molar-refractivity contribution in [1.29, 1.82) is 0 Å². The average molecular weight is 138 g/mol. The van der Waals surface area contributed by atoms with Crippen molar-refractivity contribution in [3.05, 3.63) is 18.2 Å². The number of hydrogen-bond acceptors (Lipinski definition) is 2. The van der Waals surface area contributed by atoms with E-state index in [2.05, 4.69) is 29.6 Å². The van der Waals surface area contributed by atoms with Gasteiger partial charge in [0.05, 0.1) is 6.20 Å². The molecule has 0 N–H and O–H groups in total. The number of rotatable bonds is 0. The van der Waals surface area contributed by atoms with E-state index in [4.69, 9.17) is 0 Å². The van der Waals surface area contributed by atoms with Crippen LogP contribution in [-0.2, 0) is 0 Å². The van der Waals surface area contributed by atoms with Gasteiger partial charge in [0.2, 0.25) is 0 Å². The predicted octanol–water partition coefficient (Wildman–Crippen LogP) is 0.947. The van der Waals surface area contributed by atoms with Gasteiger partial charge in [-0.15, -0.1) is 0 Å². The first-order chi connectivity index (χ1) is 4.34. The topological polar surface area (TPSA) is 17.8 Å². The zero-order valence-corrected chi connectivity index (χ0v) is 5.89. The van der Waals surface area contributed by atoms with Crippen molar-refractivity contribution in [2.75, 3.05) is 0 Å². The summed E-state index contributed by atoms with van der Waals surface area (Å²) in [6.45, 7) is 1.78. The molecule has 3 heteroatoms. The fraction of sp³-hybridized carbons (Fsp3) is 0.167. The second-order valence-electron chi connectivity index (χ2n) is 1.50. The molecule has 0 atom stereocenters. The van der Waals surface area contributed by atoms with Crippen molar-refractivity contribution in [3.63, 3.8) is 0 Å². The SMILES string of the molecule is CC#Cc1cncn1S. The summed E-state index contributed by atoms with van der Waals surface area (Å²) in [6.07, 6.45) is 3.27. The Labute approximate surface area is 59.5 Å². The highest BCUT2D eigenvalue weighted by atomic mass is 32.1. The Kier molecular flexibility index (Phi) is 1.81. The maximum Gasteiger partial charge on any atom is 0.122 e. The van der Waals surface area contributed by atoms with Gasteiger partial charge >= 0.3 is 0 Å². The first kappa shape index (κ1) is 6.24. The van der Waals surface area contributed by atoms with Gasteiger partial charge in [0, 0.05) is 0 Å².